The summed E-state index contributed by atoms with van der Waals surface area (Å²) in [6.07, 6.45) is 2.32. The molecular weight excluding hydrogens is 252 g/mol. The van der Waals surface area contributed by atoms with Crippen molar-refractivity contribution in [2.24, 2.45) is 0 Å². The second kappa shape index (κ2) is 7.31. The first-order valence-electron chi connectivity index (χ1n) is 6.87. The first-order chi connectivity index (χ1) is 9.28. The quantitative estimate of drug-likeness (QED) is 0.778. The Balaban J connectivity index is 1.75. The van der Waals surface area contributed by atoms with E-state index in [4.69, 9.17) is 5.73 Å². The van der Waals surface area contributed by atoms with Crippen LogP contribution in [-0.4, -0.2) is 18.0 Å². The SMILES string of the molecule is CCN(CCCc1ccc(N)cc1)Cc1cccs1. The van der Waals surface area contributed by atoms with E-state index >= 15 is 0 Å². The molecule has 1 heterocycles. The van der Waals surface area contributed by atoms with Crippen molar-refractivity contribution in [2.45, 2.75) is 26.3 Å². The normalized spacial score (nSPS) is 11.1. The molecule has 0 aliphatic rings. The molecule has 0 fully saturated rings. The fraction of sp³-hybridized carbons (Fsp3) is 0.375. The van der Waals surface area contributed by atoms with Gasteiger partial charge in [0.25, 0.3) is 0 Å². The molecule has 0 aliphatic carbocycles. The Morgan fingerprint density at radius 1 is 1.16 bits per heavy atom. The van der Waals surface area contributed by atoms with Crippen molar-refractivity contribution in [1.82, 2.24) is 4.90 Å². The molecule has 0 spiro atoms. The first-order valence-corrected chi connectivity index (χ1v) is 7.75. The monoisotopic (exact) mass is 274 g/mol. The van der Waals surface area contributed by atoms with Crippen LogP contribution in [0, 0.1) is 0 Å². The van der Waals surface area contributed by atoms with Crippen LogP contribution in [0.2, 0.25) is 0 Å². The first kappa shape index (κ1) is 14.1. The number of rotatable bonds is 7. The van der Waals surface area contributed by atoms with E-state index in [9.17, 15) is 0 Å². The molecule has 0 atom stereocenters. The maximum Gasteiger partial charge on any atom is 0.0327 e. The lowest BCUT2D eigenvalue weighted by molar-refractivity contribution is 0.279. The summed E-state index contributed by atoms with van der Waals surface area (Å²) in [6, 6.07) is 12.6. The van der Waals surface area contributed by atoms with Gasteiger partial charge in [-0.15, -0.1) is 11.3 Å². The van der Waals surface area contributed by atoms with Gasteiger partial charge in [-0.1, -0.05) is 25.1 Å². The number of thiophene rings is 1. The fourth-order valence-electron chi connectivity index (χ4n) is 2.16. The van der Waals surface area contributed by atoms with E-state index in [2.05, 4.69) is 41.5 Å². The summed E-state index contributed by atoms with van der Waals surface area (Å²) < 4.78 is 0. The van der Waals surface area contributed by atoms with Crippen LogP contribution in [0.1, 0.15) is 23.8 Å². The zero-order chi connectivity index (χ0) is 13.5. The third kappa shape index (κ3) is 4.69. The Hall–Kier alpha value is -1.32. The molecule has 0 amide bonds. The highest BCUT2D eigenvalue weighted by atomic mass is 32.1. The molecule has 19 heavy (non-hydrogen) atoms. The van der Waals surface area contributed by atoms with E-state index < -0.39 is 0 Å². The summed E-state index contributed by atoms with van der Waals surface area (Å²) in [5.41, 5.74) is 7.91. The van der Waals surface area contributed by atoms with Crippen LogP contribution < -0.4 is 5.73 Å². The molecule has 3 heteroatoms. The van der Waals surface area contributed by atoms with Crippen molar-refractivity contribution < 1.29 is 0 Å². The van der Waals surface area contributed by atoms with E-state index in [1.165, 1.54) is 16.9 Å². The van der Waals surface area contributed by atoms with E-state index in [0.29, 0.717) is 0 Å². The van der Waals surface area contributed by atoms with Crippen LogP contribution in [0.5, 0.6) is 0 Å². The Labute approximate surface area is 119 Å². The standard InChI is InChI=1S/C16H22N2S/c1-2-18(13-16-6-4-12-19-16)11-3-5-14-7-9-15(17)10-8-14/h4,6-10,12H,2-3,5,11,13,17H2,1H3. The van der Waals surface area contributed by atoms with Crippen molar-refractivity contribution in [3.8, 4) is 0 Å². The van der Waals surface area contributed by atoms with Crippen molar-refractivity contribution in [3.63, 3.8) is 0 Å². The zero-order valence-corrected chi connectivity index (χ0v) is 12.3. The number of nitrogens with two attached hydrogens (primary N) is 1. The maximum atomic E-state index is 5.69. The number of hydrogen-bond donors (Lipinski definition) is 1. The van der Waals surface area contributed by atoms with Gasteiger partial charge in [0, 0.05) is 17.1 Å². The van der Waals surface area contributed by atoms with E-state index in [0.717, 1.165) is 31.7 Å². The maximum absolute atomic E-state index is 5.69. The zero-order valence-electron chi connectivity index (χ0n) is 11.5. The third-order valence-corrected chi connectivity index (χ3v) is 4.19. The van der Waals surface area contributed by atoms with Gasteiger partial charge in [0.1, 0.15) is 0 Å². The van der Waals surface area contributed by atoms with Crippen LogP contribution in [0.15, 0.2) is 41.8 Å². The number of nitrogens with zero attached hydrogens (tertiary/aromatic N) is 1. The minimum absolute atomic E-state index is 0.844. The summed E-state index contributed by atoms with van der Waals surface area (Å²) in [5.74, 6) is 0. The van der Waals surface area contributed by atoms with Gasteiger partial charge in [0.15, 0.2) is 0 Å². The molecule has 0 unspecified atom stereocenters. The lowest BCUT2D eigenvalue weighted by Crippen LogP contribution is -2.23. The molecule has 0 saturated heterocycles. The Morgan fingerprint density at radius 2 is 1.95 bits per heavy atom. The molecule has 1 aromatic heterocycles. The number of aryl methyl sites for hydroxylation is 1. The van der Waals surface area contributed by atoms with Gasteiger partial charge in [-0.25, -0.2) is 0 Å². The highest BCUT2D eigenvalue weighted by molar-refractivity contribution is 7.09. The number of hydrogen-bond acceptors (Lipinski definition) is 3. The van der Waals surface area contributed by atoms with Crippen LogP contribution in [0.4, 0.5) is 5.69 Å². The molecule has 0 aliphatic heterocycles. The highest BCUT2D eigenvalue weighted by Crippen LogP contribution is 2.13. The molecule has 2 rings (SSSR count). The largest absolute Gasteiger partial charge is 0.399 e. The van der Waals surface area contributed by atoms with Crippen molar-refractivity contribution >= 4 is 17.0 Å². The molecule has 0 bridgehead atoms. The molecule has 2 aromatic rings. The summed E-state index contributed by atoms with van der Waals surface area (Å²) >= 11 is 1.84. The van der Waals surface area contributed by atoms with Gasteiger partial charge in [0.05, 0.1) is 0 Å². The van der Waals surface area contributed by atoms with Crippen LogP contribution in [-0.2, 0) is 13.0 Å². The third-order valence-electron chi connectivity index (χ3n) is 3.33. The summed E-state index contributed by atoms with van der Waals surface area (Å²) in [4.78, 5) is 3.96. The summed E-state index contributed by atoms with van der Waals surface area (Å²) in [7, 11) is 0. The molecule has 0 radical (unpaired) electrons. The van der Waals surface area contributed by atoms with Gasteiger partial charge in [-0.3, -0.25) is 4.90 Å². The predicted octanol–water partition coefficient (Wildman–Crippen LogP) is 3.79. The summed E-state index contributed by atoms with van der Waals surface area (Å²) in [5, 5.41) is 2.15. The van der Waals surface area contributed by atoms with E-state index in [1.54, 1.807) is 0 Å². The molecule has 0 saturated carbocycles. The Bertz CT molecular complexity index is 462. The Kier molecular flexibility index (Phi) is 5.43. The topological polar surface area (TPSA) is 29.3 Å². The smallest absolute Gasteiger partial charge is 0.0327 e. The number of anilines is 1. The molecule has 102 valence electrons. The van der Waals surface area contributed by atoms with Crippen molar-refractivity contribution in [2.75, 3.05) is 18.8 Å². The van der Waals surface area contributed by atoms with Gasteiger partial charge >= 0.3 is 0 Å². The second-order valence-electron chi connectivity index (χ2n) is 4.79. The minimum Gasteiger partial charge on any atom is -0.399 e. The molecular formula is C16H22N2S. The van der Waals surface area contributed by atoms with Crippen molar-refractivity contribution in [1.29, 1.82) is 0 Å². The number of nitrogen functional groups attached to an aromatic ring is 1. The average molecular weight is 274 g/mol. The van der Waals surface area contributed by atoms with Gasteiger partial charge in [-0.05, 0) is 55.1 Å². The van der Waals surface area contributed by atoms with Crippen LogP contribution in [0.25, 0.3) is 0 Å². The van der Waals surface area contributed by atoms with E-state index in [-0.39, 0.29) is 0 Å². The van der Waals surface area contributed by atoms with Gasteiger partial charge < -0.3 is 5.73 Å². The Morgan fingerprint density at radius 3 is 2.58 bits per heavy atom. The molecule has 2 nitrogen and oxygen atoms in total. The predicted molar refractivity (Wildman–Crippen MR) is 84.4 cm³/mol. The molecule has 1 aromatic carbocycles. The molecule has 2 N–H and O–H groups in total. The lowest BCUT2D eigenvalue weighted by Gasteiger charge is -2.19. The van der Waals surface area contributed by atoms with Crippen molar-refractivity contribution in [3.05, 3.63) is 52.2 Å². The van der Waals surface area contributed by atoms with E-state index in [1.807, 2.05) is 23.5 Å². The summed E-state index contributed by atoms with van der Waals surface area (Å²) in [6.45, 7) is 5.57. The van der Waals surface area contributed by atoms with Crippen LogP contribution >= 0.6 is 11.3 Å². The lowest BCUT2D eigenvalue weighted by atomic mass is 10.1. The minimum atomic E-state index is 0.844. The number of benzene rings is 1. The average Bonchev–Trinajstić information content (AvgIpc) is 2.93. The second-order valence-corrected chi connectivity index (χ2v) is 5.83. The highest BCUT2D eigenvalue weighted by Gasteiger charge is 2.04. The van der Waals surface area contributed by atoms with Gasteiger partial charge in [-0.2, -0.15) is 0 Å². The van der Waals surface area contributed by atoms with Gasteiger partial charge in [0.2, 0.25) is 0 Å². The van der Waals surface area contributed by atoms with Crippen LogP contribution in [0.3, 0.4) is 0 Å². The fourth-order valence-corrected chi connectivity index (χ4v) is 2.91.